The summed E-state index contributed by atoms with van der Waals surface area (Å²) in [7, 11) is 0. The summed E-state index contributed by atoms with van der Waals surface area (Å²) < 4.78 is 11.1. The largest absolute Gasteiger partial charge is 0.478 e. The zero-order valence-electron chi connectivity index (χ0n) is 25.9. The van der Waals surface area contributed by atoms with Gasteiger partial charge in [-0.25, -0.2) is 28.8 Å². The van der Waals surface area contributed by atoms with Gasteiger partial charge in [0, 0.05) is 5.56 Å². The molecule has 0 aliphatic rings. The fourth-order valence-corrected chi connectivity index (χ4v) is 5.44. The van der Waals surface area contributed by atoms with Gasteiger partial charge >= 0.3 is 35.8 Å². The maximum atomic E-state index is 14.2. The maximum absolute atomic E-state index is 14.2. The van der Waals surface area contributed by atoms with Gasteiger partial charge in [0.1, 0.15) is 13.2 Å². The van der Waals surface area contributed by atoms with Crippen LogP contribution in [0.4, 0.5) is 0 Å². The molecule has 0 atom stereocenters. The number of carboxylic acid groups (broad SMARTS) is 4. The summed E-state index contributed by atoms with van der Waals surface area (Å²) >= 11 is 0. The lowest BCUT2D eigenvalue weighted by molar-refractivity contribution is 0.0426. The minimum Gasteiger partial charge on any atom is -0.478 e. The predicted molar refractivity (Wildman–Crippen MR) is 176 cm³/mol. The highest BCUT2D eigenvalue weighted by molar-refractivity contribution is 6.16. The molecule has 0 bridgehead atoms. The maximum Gasteiger partial charge on any atom is 0.340 e. The first-order valence-corrected chi connectivity index (χ1v) is 14.8. The average molecular weight is 675 g/mol. The van der Waals surface area contributed by atoms with E-state index in [0.29, 0.717) is 11.1 Å². The van der Waals surface area contributed by atoms with E-state index >= 15 is 0 Å². The van der Waals surface area contributed by atoms with Crippen molar-refractivity contribution in [3.05, 3.63) is 154 Å². The number of rotatable bonds is 12. The summed E-state index contributed by atoms with van der Waals surface area (Å²) in [6.07, 6.45) is 0. The van der Waals surface area contributed by atoms with Crippen LogP contribution in [0.15, 0.2) is 109 Å². The molecule has 5 aromatic rings. The molecule has 0 saturated carbocycles. The van der Waals surface area contributed by atoms with E-state index in [4.69, 9.17) is 9.47 Å². The van der Waals surface area contributed by atoms with Gasteiger partial charge in [0.25, 0.3) is 0 Å². The fraction of sp³-hybridized carbons (Fsp3) is 0.0526. The van der Waals surface area contributed by atoms with Crippen LogP contribution in [0.25, 0.3) is 22.3 Å². The summed E-state index contributed by atoms with van der Waals surface area (Å²) in [5, 5.41) is 40.3. The molecular weight excluding hydrogens is 648 g/mol. The number of carbonyl (C=O) groups is 6. The van der Waals surface area contributed by atoms with Crippen molar-refractivity contribution in [2.45, 2.75) is 13.2 Å². The Morgan fingerprint density at radius 3 is 1.34 bits per heavy atom. The average Bonchev–Trinajstić information content (AvgIpc) is 3.12. The van der Waals surface area contributed by atoms with Crippen molar-refractivity contribution in [1.29, 1.82) is 0 Å². The number of esters is 2. The third-order valence-electron chi connectivity index (χ3n) is 7.63. The third kappa shape index (κ3) is 7.09. The molecule has 0 aromatic heterocycles. The van der Waals surface area contributed by atoms with Crippen molar-refractivity contribution in [1.82, 2.24) is 0 Å². The van der Waals surface area contributed by atoms with Gasteiger partial charge < -0.3 is 29.9 Å². The molecule has 0 aliphatic heterocycles. The number of carbonyl (C=O) groups excluding carboxylic acids is 2. The molecule has 0 unspecified atom stereocenters. The van der Waals surface area contributed by atoms with E-state index in [1.165, 1.54) is 30.3 Å². The van der Waals surface area contributed by atoms with E-state index in [9.17, 15) is 49.2 Å². The van der Waals surface area contributed by atoms with Crippen LogP contribution in [0.5, 0.6) is 0 Å². The van der Waals surface area contributed by atoms with Crippen molar-refractivity contribution in [3.8, 4) is 22.3 Å². The van der Waals surface area contributed by atoms with Crippen LogP contribution >= 0.6 is 0 Å². The molecule has 0 amide bonds. The minimum absolute atomic E-state index is 0.207. The van der Waals surface area contributed by atoms with Crippen molar-refractivity contribution in [2.24, 2.45) is 0 Å². The Kier molecular flexibility index (Phi) is 10.1. The van der Waals surface area contributed by atoms with Crippen LogP contribution in [0.1, 0.15) is 73.3 Å². The second kappa shape index (κ2) is 14.8. The Labute approximate surface area is 283 Å². The van der Waals surface area contributed by atoms with E-state index in [1.54, 1.807) is 60.7 Å². The van der Waals surface area contributed by atoms with Gasteiger partial charge in [0.15, 0.2) is 0 Å². The standard InChI is InChI=1S/C38H26O12/c39-33(40)26-15-7-13-23(30(26)35(43)44)24-17-18-28(37(47)49-19-21-9-3-1-4-10-21)32(38(48)50-20-22-11-5-2-6-12-22)29(24)25-14-8-16-27(34(41)42)31(25)36(45)46/h1-18H,19-20H2,(H,39,40)(H,41,42)(H,43,44)(H,45,46). The van der Waals surface area contributed by atoms with Gasteiger partial charge in [-0.15, -0.1) is 0 Å². The lowest BCUT2D eigenvalue weighted by Gasteiger charge is -2.21. The highest BCUT2D eigenvalue weighted by atomic mass is 16.5. The summed E-state index contributed by atoms with van der Waals surface area (Å²) in [6.45, 7) is -0.536. The van der Waals surface area contributed by atoms with Gasteiger partial charge in [-0.3, -0.25) is 0 Å². The zero-order chi connectivity index (χ0) is 35.9. The molecule has 12 heteroatoms. The number of aromatic carboxylic acids is 4. The van der Waals surface area contributed by atoms with E-state index in [1.807, 2.05) is 0 Å². The first-order valence-electron chi connectivity index (χ1n) is 14.8. The minimum atomic E-state index is -1.72. The number of benzene rings is 5. The summed E-state index contributed by atoms with van der Waals surface area (Å²) in [5.74, 6) is -8.81. The quantitative estimate of drug-likeness (QED) is 0.104. The molecule has 0 aliphatic carbocycles. The van der Waals surface area contributed by atoms with Crippen LogP contribution in [0, 0.1) is 0 Å². The first-order chi connectivity index (χ1) is 24.0. The molecule has 0 radical (unpaired) electrons. The zero-order valence-corrected chi connectivity index (χ0v) is 25.9. The van der Waals surface area contributed by atoms with Crippen molar-refractivity contribution >= 4 is 35.8 Å². The lowest BCUT2D eigenvalue weighted by Crippen LogP contribution is -2.18. The fourth-order valence-electron chi connectivity index (χ4n) is 5.44. The monoisotopic (exact) mass is 674 g/mol. The molecule has 250 valence electrons. The van der Waals surface area contributed by atoms with E-state index in [0.717, 1.165) is 18.2 Å². The SMILES string of the molecule is O=C(O)c1cccc(-c2ccc(C(=O)OCc3ccccc3)c(C(=O)OCc3ccccc3)c2-c2cccc(C(=O)O)c2C(=O)O)c1C(=O)O. The number of hydrogen-bond acceptors (Lipinski definition) is 8. The van der Waals surface area contributed by atoms with Gasteiger partial charge in [-0.05, 0) is 46.0 Å². The molecule has 4 N–H and O–H groups in total. The molecule has 0 fully saturated rings. The molecular formula is C38H26O12. The first kappa shape index (κ1) is 34.3. The number of carboxylic acids is 4. The molecule has 0 saturated heterocycles. The summed E-state index contributed by atoms with van der Waals surface area (Å²) in [4.78, 5) is 77.5. The molecule has 12 nitrogen and oxygen atoms in total. The Morgan fingerprint density at radius 2 is 0.860 bits per heavy atom. The second-order valence-electron chi connectivity index (χ2n) is 10.7. The van der Waals surface area contributed by atoms with Gasteiger partial charge in [-0.1, -0.05) is 91.0 Å². The van der Waals surface area contributed by atoms with Crippen LogP contribution in [0.3, 0.4) is 0 Å². The van der Waals surface area contributed by atoms with E-state index in [-0.39, 0.29) is 24.3 Å². The summed E-state index contributed by atoms with van der Waals surface area (Å²) in [6, 6.07) is 26.3. The van der Waals surface area contributed by atoms with Crippen molar-refractivity contribution in [3.63, 3.8) is 0 Å². The van der Waals surface area contributed by atoms with Crippen LogP contribution in [-0.4, -0.2) is 56.2 Å². The molecule has 5 rings (SSSR count). The second-order valence-corrected chi connectivity index (χ2v) is 10.7. The van der Waals surface area contributed by atoms with Gasteiger partial charge in [0.2, 0.25) is 0 Å². The smallest absolute Gasteiger partial charge is 0.340 e. The van der Waals surface area contributed by atoms with Crippen molar-refractivity contribution < 1.29 is 58.7 Å². The van der Waals surface area contributed by atoms with Crippen molar-refractivity contribution in [2.75, 3.05) is 0 Å². The topological polar surface area (TPSA) is 202 Å². The van der Waals surface area contributed by atoms with Gasteiger partial charge in [-0.2, -0.15) is 0 Å². The number of ether oxygens (including phenoxy) is 2. The Hall–Kier alpha value is -7.08. The van der Waals surface area contributed by atoms with Crippen LogP contribution in [-0.2, 0) is 22.7 Å². The lowest BCUT2D eigenvalue weighted by atomic mass is 9.82. The van der Waals surface area contributed by atoms with E-state index in [2.05, 4.69) is 0 Å². The number of hydrogen-bond donors (Lipinski definition) is 4. The third-order valence-corrected chi connectivity index (χ3v) is 7.63. The Bertz CT molecular complexity index is 2150. The van der Waals surface area contributed by atoms with Crippen LogP contribution < -0.4 is 0 Å². The molecule has 5 aromatic carbocycles. The Morgan fingerprint density at radius 1 is 0.400 bits per heavy atom. The van der Waals surface area contributed by atoms with Gasteiger partial charge in [0.05, 0.1) is 33.4 Å². The Balaban J connectivity index is 1.87. The highest BCUT2D eigenvalue weighted by Crippen LogP contribution is 2.42. The molecule has 0 heterocycles. The molecule has 0 spiro atoms. The summed E-state index contributed by atoms with van der Waals surface area (Å²) in [5.41, 5.74) is -3.92. The van der Waals surface area contributed by atoms with E-state index < -0.39 is 80.3 Å². The normalized spacial score (nSPS) is 10.6. The molecule has 50 heavy (non-hydrogen) atoms. The van der Waals surface area contributed by atoms with Crippen LogP contribution in [0.2, 0.25) is 0 Å². The highest BCUT2D eigenvalue weighted by Gasteiger charge is 2.33. The predicted octanol–water partition coefficient (Wildman–Crippen LogP) is 6.53.